The van der Waals surface area contributed by atoms with E-state index in [-0.39, 0.29) is 29.2 Å². The molecular weight excluding hydrogens is 424 g/mol. The van der Waals surface area contributed by atoms with Crippen LogP contribution < -0.4 is 14.8 Å². The Bertz CT molecular complexity index is 1060. The fourth-order valence-electron chi connectivity index (χ4n) is 3.94. The number of rotatable bonds is 7. The van der Waals surface area contributed by atoms with Crippen molar-refractivity contribution in [3.05, 3.63) is 52.8 Å². The van der Waals surface area contributed by atoms with Crippen LogP contribution in [0.4, 0.5) is 0 Å². The number of aryl methyl sites for hydroxylation is 1. The maximum absolute atomic E-state index is 12.9. The molecule has 2 aromatic rings. The first-order chi connectivity index (χ1) is 15.6. The molecule has 1 amide bonds. The van der Waals surface area contributed by atoms with Gasteiger partial charge in [-0.25, -0.2) is 9.78 Å². The van der Waals surface area contributed by atoms with E-state index in [0.717, 1.165) is 0 Å². The summed E-state index contributed by atoms with van der Waals surface area (Å²) in [5.74, 6) is -2.01. The number of amides is 1. The second-order valence-corrected chi connectivity index (χ2v) is 8.58. The highest BCUT2D eigenvalue weighted by Crippen LogP contribution is 2.37. The molecule has 1 heterocycles. The van der Waals surface area contributed by atoms with Gasteiger partial charge in [0.2, 0.25) is 5.75 Å². The molecule has 0 spiro atoms. The van der Waals surface area contributed by atoms with Crippen LogP contribution in [0.1, 0.15) is 60.8 Å². The van der Waals surface area contributed by atoms with Crippen molar-refractivity contribution >= 4 is 17.8 Å². The van der Waals surface area contributed by atoms with Crippen LogP contribution in [0.3, 0.4) is 0 Å². The van der Waals surface area contributed by atoms with Gasteiger partial charge in [0, 0.05) is 24.6 Å². The average molecular weight is 455 g/mol. The van der Waals surface area contributed by atoms with E-state index in [0.29, 0.717) is 6.42 Å². The predicted octanol–water partition coefficient (Wildman–Crippen LogP) is 3.35. The lowest BCUT2D eigenvalue weighted by Gasteiger charge is -2.21. The van der Waals surface area contributed by atoms with Gasteiger partial charge in [0.15, 0.2) is 11.4 Å². The Kier molecular flexibility index (Phi) is 7.36. The highest BCUT2D eigenvalue weighted by Gasteiger charge is 2.34. The van der Waals surface area contributed by atoms with Crippen LogP contribution in [-0.4, -0.2) is 42.1 Å². The number of benzene rings is 1. The van der Waals surface area contributed by atoms with E-state index >= 15 is 0 Å². The summed E-state index contributed by atoms with van der Waals surface area (Å²) in [6.07, 6.45) is 1.70. The minimum absolute atomic E-state index is 0.0650. The second kappa shape index (κ2) is 10.0. The highest BCUT2D eigenvalue weighted by molar-refractivity contribution is 5.98. The quantitative estimate of drug-likeness (QED) is 0.640. The Labute approximate surface area is 193 Å². The van der Waals surface area contributed by atoms with Crippen molar-refractivity contribution in [3.63, 3.8) is 0 Å². The van der Waals surface area contributed by atoms with E-state index < -0.39 is 29.8 Å². The van der Waals surface area contributed by atoms with Crippen LogP contribution in [0.25, 0.3) is 0 Å². The number of ether oxygens (including phenoxy) is 3. The Balaban J connectivity index is 1.70. The molecule has 0 radical (unpaired) electrons. The fraction of sp³-hybridized carbons (Fsp3) is 0.440. The van der Waals surface area contributed by atoms with Gasteiger partial charge in [-0.1, -0.05) is 39.0 Å². The van der Waals surface area contributed by atoms with Crippen LogP contribution in [-0.2, 0) is 20.7 Å². The number of nitrogens with one attached hydrogen (secondary N) is 1. The normalized spacial score (nSPS) is 17.8. The largest absolute Gasteiger partial charge is 0.493 e. The molecule has 1 N–H and O–H groups in total. The van der Waals surface area contributed by atoms with E-state index in [1.807, 2.05) is 32.0 Å². The zero-order chi connectivity index (χ0) is 24.3. The summed E-state index contributed by atoms with van der Waals surface area (Å²) < 4.78 is 16.3. The van der Waals surface area contributed by atoms with Gasteiger partial charge < -0.3 is 19.5 Å². The highest BCUT2D eigenvalue weighted by atomic mass is 16.6. The molecule has 0 fully saturated rings. The van der Waals surface area contributed by atoms with Crippen LogP contribution >= 0.6 is 0 Å². The average Bonchev–Trinajstić information content (AvgIpc) is 3.09. The Hall–Kier alpha value is -3.42. The van der Waals surface area contributed by atoms with Crippen LogP contribution in [0.15, 0.2) is 30.5 Å². The SMILES string of the molecule is COc1ccnc(C(=O)N[C@@H](C)C(=O)OC2Cc3cccc(C)c3C2C)c1OC(=O)C(C)C. The summed E-state index contributed by atoms with van der Waals surface area (Å²) in [6.45, 7) is 8.97. The van der Waals surface area contributed by atoms with E-state index in [9.17, 15) is 14.4 Å². The Morgan fingerprint density at radius 1 is 1.12 bits per heavy atom. The molecule has 8 nitrogen and oxygen atoms in total. The molecule has 0 bridgehead atoms. The predicted molar refractivity (Wildman–Crippen MR) is 121 cm³/mol. The lowest BCUT2D eigenvalue weighted by atomic mass is 9.97. The van der Waals surface area contributed by atoms with E-state index in [4.69, 9.17) is 14.2 Å². The zero-order valence-electron chi connectivity index (χ0n) is 19.8. The first kappa shape index (κ1) is 24.2. The number of hydrogen-bond donors (Lipinski definition) is 1. The molecule has 33 heavy (non-hydrogen) atoms. The number of pyridine rings is 1. The molecule has 8 heteroatoms. The Morgan fingerprint density at radius 3 is 2.48 bits per heavy atom. The second-order valence-electron chi connectivity index (χ2n) is 8.58. The molecule has 0 saturated heterocycles. The summed E-state index contributed by atoms with van der Waals surface area (Å²) in [7, 11) is 1.40. The maximum Gasteiger partial charge on any atom is 0.328 e. The van der Waals surface area contributed by atoms with Gasteiger partial charge in [-0.15, -0.1) is 0 Å². The summed E-state index contributed by atoms with van der Waals surface area (Å²) in [6, 6.07) is 6.65. The van der Waals surface area contributed by atoms with Gasteiger partial charge in [0.05, 0.1) is 13.0 Å². The molecule has 1 aliphatic carbocycles. The van der Waals surface area contributed by atoms with Crippen molar-refractivity contribution in [3.8, 4) is 11.5 Å². The van der Waals surface area contributed by atoms with Crippen molar-refractivity contribution in [2.75, 3.05) is 7.11 Å². The zero-order valence-corrected chi connectivity index (χ0v) is 19.8. The number of nitrogens with zero attached hydrogens (tertiary/aromatic N) is 1. The number of esters is 2. The van der Waals surface area contributed by atoms with Crippen molar-refractivity contribution in [1.82, 2.24) is 10.3 Å². The summed E-state index contributed by atoms with van der Waals surface area (Å²) in [5, 5.41) is 2.59. The molecular formula is C25H30N2O6. The number of aromatic nitrogens is 1. The minimum Gasteiger partial charge on any atom is -0.493 e. The number of carbonyl (C=O) groups is 3. The van der Waals surface area contributed by atoms with Crippen LogP contribution in [0, 0.1) is 12.8 Å². The van der Waals surface area contributed by atoms with Crippen molar-refractivity contribution in [2.24, 2.45) is 5.92 Å². The Morgan fingerprint density at radius 2 is 1.85 bits per heavy atom. The molecule has 0 aliphatic heterocycles. The van der Waals surface area contributed by atoms with Crippen LogP contribution in [0.2, 0.25) is 0 Å². The number of fused-ring (bicyclic) bond motifs is 1. The summed E-state index contributed by atoms with van der Waals surface area (Å²) in [4.78, 5) is 41.8. The molecule has 1 aromatic heterocycles. The monoisotopic (exact) mass is 454 g/mol. The van der Waals surface area contributed by atoms with Crippen molar-refractivity contribution in [1.29, 1.82) is 0 Å². The van der Waals surface area contributed by atoms with Gasteiger partial charge in [-0.05, 0) is 30.5 Å². The molecule has 176 valence electrons. The molecule has 1 aliphatic rings. The van der Waals surface area contributed by atoms with E-state index in [1.54, 1.807) is 13.8 Å². The lowest BCUT2D eigenvalue weighted by molar-refractivity contribution is -0.151. The van der Waals surface area contributed by atoms with Crippen molar-refractivity contribution < 1.29 is 28.6 Å². The van der Waals surface area contributed by atoms with E-state index in [2.05, 4.69) is 10.3 Å². The molecule has 3 rings (SSSR count). The summed E-state index contributed by atoms with van der Waals surface area (Å²) >= 11 is 0. The van der Waals surface area contributed by atoms with Gasteiger partial charge in [-0.3, -0.25) is 9.59 Å². The van der Waals surface area contributed by atoms with E-state index in [1.165, 1.54) is 43.0 Å². The standard InChI is InChI=1S/C25H30N2O6/c1-13(2)24(29)33-22-18(31-6)10-11-26-21(22)23(28)27-16(5)25(30)32-19-12-17-9-7-8-14(3)20(17)15(19)4/h7-11,13,15-16,19H,12H2,1-6H3,(H,27,28)/t15?,16-,19?/m0/s1. The smallest absolute Gasteiger partial charge is 0.328 e. The summed E-state index contributed by atoms with van der Waals surface area (Å²) in [5.41, 5.74) is 3.41. The van der Waals surface area contributed by atoms with Crippen LogP contribution in [0.5, 0.6) is 11.5 Å². The first-order valence-electron chi connectivity index (χ1n) is 11.0. The third-order valence-corrected chi connectivity index (χ3v) is 5.79. The minimum atomic E-state index is -0.934. The topological polar surface area (TPSA) is 104 Å². The lowest BCUT2D eigenvalue weighted by Crippen LogP contribution is -2.41. The third-order valence-electron chi connectivity index (χ3n) is 5.79. The number of methoxy groups -OCH3 is 1. The van der Waals surface area contributed by atoms with Gasteiger partial charge in [0.25, 0.3) is 5.91 Å². The molecule has 2 unspecified atom stereocenters. The van der Waals surface area contributed by atoms with Gasteiger partial charge in [0.1, 0.15) is 12.1 Å². The van der Waals surface area contributed by atoms with Crippen molar-refractivity contribution in [2.45, 2.75) is 59.1 Å². The van der Waals surface area contributed by atoms with Gasteiger partial charge in [-0.2, -0.15) is 0 Å². The number of hydrogen-bond acceptors (Lipinski definition) is 7. The number of carbonyl (C=O) groups excluding carboxylic acids is 3. The fourth-order valence-corrected chi connectivity index (χ4v) is 3.94. The third kappa shape index (κ3) is 5.16. The molecule has 3 atom stereocenters. The molecule has 1 aromatic carbocycles. The molecule has 0 saturated carbocycles. The maximum atomic E-state index is 12.9. The van der Waals surface area contributed by atoms with Gasteiger partial charge >= 0.3 is 11.9 Å². The first-order valence-corrected chi connectivity index (χ1v) is 11.0.